The lowest BCUT2D eigenvalue weighted by Gasteiger charge is -2.08. The summed E-state index contributed by atoms with van der Waals surface area (Å²) in [6.45, 7) is 4.39. The highest BCUT2D eigenvalue weighted by molar-refractivity contribution is 5.88. The molecule has 0 atom stereocenters. The van der Waals surface area contributed by atoms with Crippen molar-refractivity contribution in [1.82, 2.24) is 0 Å². The van der Waals surface area contributed by atoms with E-state index in [1.54, 1.807) is 0 Å². The van der Waals surface area contributed by atoms with Gasteiger partial charge in [0.25, 0.3) is 0 Å². The van der Waals surface area contributed by atoms with Gasteiger partial charge in [-0.2, -0.15) is 0 Å². The highest BCUT2D eigenvalue weighted by atomic mass is 14.1. The van der Waals surface area contributed by atoms with Crippen molar-refractivity contribution in [3.63, 3.8) is 0 Å². The van der Waals surface area contributed by atoms with E-state index in [-0.39, 0.29) is 0 Å². The number of hydrogen-bond donors (Lipinski definition) is 0. The van der Waals surface area contributed by atoms with Crippen LogP contribution in [0.15, 0.2) is 24.3 Å². The summed E-state index contributed by atoms with van der Waals surface area (Å²) in [5.41, 5.74) is 2.75. The Balaban J connectivity index is 2.55. The zero-order valence-corrected chi connectivity index (χ0v) is 9.88. The monoisotopic (exact) mass is 208 g/mol. The van der Waals surface area contributed by atoms with Crippen molar-refractivity contribution >= 4 is 22.9 Å². The predicted molar refractivity (Wildman–Crippen MR) is 70.8 cm³/mol. The van der Waals surface area contributed by atoms with Crippen molar-refractivity contribution in [2.45, 2.75) is 26.7 Å². The van der Waals surface area contributed by atoms with Gasteiger partial charge in [0.1, 0.15) is 0 Å². The molecule has 2 aromatic rings. The fraction of sp³-hybridized carbons (Fsp3) is 0.250. The van der Waals surface area contributed by atoms with Gasteiger partial charge in [-0.15, -0.1) is 0 Å². The molecule has 1 aliphatic rings. The summed E-state index contributed by atoms with van der Waals surface area (Å²) in [6, 6.07) is 9.14. The predicted octanol–water partition coefficient (Wildman–Crippen LogP) is 2.81. The Hall–Kier alpha value is -1.56. The Morgan fingerprint density at radius 2 is 1.19 bits per heavy atom. The van der Waals surface area contributed by atoms with Crippen LogP contribution in [0.1, 0.15) is 24.0 Å². The van der Waals surface area contributed by atoms with Crippen molar-refractivity contribution in [3.05, 3.63) is 45.8 Å². The van der Waals surface area contributed by atoms with Crippen LogP contribution in [0.3, 0.4) is 0 Å². The molecule has 16 heavy (non-hydrogen) atoms. The second-order valence-electron chi connectivity index (χ2n) is 4.71. The van der Waals surface area contributed by atoms with Crippen LogP contribution >= 0.6 is 0 Å². The van der Waals surface area contributed by atoms with E-state index in [9.17, 15) is 0 Å². The first-order valence-corrected chi connectivity index (χ1v) is 5.96. The molecule has 0 saturated carbocycles. The molecule has 0 heteroatoms. The largest absolute Gasteiger partial charge is 0.0763 e. The van der Waals surface area contributed by atoms with E-state index < -0.39 is 0 Å². The second-order valence-corrected chi connectivity index (χ2v) is 4.71. The Morgan fingerprint density at radius 3 is 1.62 bits per heavy atom. The van der Waals surface area contributed by atoms with Gasteiger partial charge in [0, 0.05) is 0 Å². The van der Waals surface area contributed by atoms with E-state index >= 15 is 0 Å². The van der Waals surface area contributed by atoms with Crippen LogP contribution < -0.4 is 10.4 Å². The SMILES string of the molecule is Cc1ccc(C)c2cc3c(cc12)=CCCC=3. The molecular weight excluding hydrogens is 192 g/mol. The molecule has 0 heterocycles. The summed E-state index contributed by atoms with van der Waals surface area (Å²) in [5, 5.41) is 5.63. The molecule has 0 fully saturated rings. The van der Waals surface area contributed by atoms with E-state index in [4.69, 9.17) is 0 Å². The lowest BCUT2D eigenvalue weighted by atomic mass is 9.97. The smallest absolute Gasteiger partial charge is 0.0146 e. The number of benzene rings is 2. The number of hydrogen-bond acceptors (Lipinski definition) is 0. The minimum atomic E-state index is 1.18. The Bertz CT molecular complexity index is 615. The van der Waals surface area contributed by atoms with Gasteiger partial charge in [-0.1, -0.05) is 24.3 Å². The minimum Gasteiger partial charge on any atom is -0.0763 e. The third-order valence-corrected chi connectivity index (χ3v) is 3.55. The Kier molecular flexibility index (Phi) is 2.10. The van der Waals surface area contributed by atoms with Crippen LogP contribution in [0.25, 0.3) is 22.9 Å². The topological polar surface area (TPSA) is 0 Å². The van der Waals surface area contributed by atoms with E-state index in [0.29, 0.717) is 0 Å². The third-order valence-electron chi connectivity index (χ3n) is 3.55. The van der Waals surface area contributed by atoms with Gasteiger partial charge in [-0.3, -0.25) is 0 Å². The molecule has 3 rings (SSSR count). The van der Waals surface area contributed by atoms with E-state index in [2.05, 4.69) is 50.3 Å². The van der Waals surface area contributed by atoms with Gasteiger partial charge in [0.05, 0.1) is 0 Å². The summed E-state index contributed by atoms with van der Waals surface area (Å²) in [6.07, 6.45) is 7.08. The van der Waals surface area contributed by atoms with E-state index in [0.717, 1.165) is 0 Å². The molecule has 0 nitrogen and oxygen atoms in total. The summed E-state index contributed by atoms with van der Waals surface area (Å²) >= 11 is 0. The summed E-state index contributed by atoms with van der Waals surface area (Å²) in [5.74, 6) is 0. The van der Waals surface area contributed by atoms with Crippen molar-refractivity contribution < 1.29 is 0 Å². The maximum Gasteiger partial charge on any atom is -0.0146 e. The first-order valence-electron chi connectivity index (χ1n) is 5.96. The van der Waals surface area contributed by atoms with Gasteiger partial charge in [-0.05, 0) is 71.2 Å². The number of fused-ring (bicyclic) bond motifs is 2. The molecule has 2 aromatic carbocycles. The van der Waals surface area contributed by atoms with Crippen LogP contribution in [-0.2, 0) is 0 Å². The average Bonchev–Trinajstić information content (AvgIpc) is 2.32. The van der Waals surface area contributed by atoms with Gasteiger partial charge < -0.3 is 0 Å². The fourth-order valence-electron chi connectivity index (χ4n) is 2.55. The molecule has 0 aliphatic heterocycles. The molecule has 0 amide bonds. The highest BCUT2D eigenvalue weighted by Gasteiger charge is 2.02. The summed E-state index contributed by atoms with van der Waals surface area (Å²) < 4.78 is 0. The molecule has 0 aromatic heterocycles. The van der Waals surface area contributed by atoms with E-state index in [1.165, 1.54) is 45.2 Å². The van der Waals surface area contributed by atoms with Crippen molar-refractivity contribution in [1.29, 1.82) is 0 Å². The molecule has 0 spiro atoms. The van der Waals surface area contributed by atoms with Gasteiger partial charge in [0.2, 0.25) is 0 Å². The first kappa shape index (κ1) is 9.65. The maximum atomic E-state index is 2.36. The molecule has 0 N–H and O–H groups in total. The Labute approximate surface area is 95.9 Å². The number of rotatable bonds is 0. The molecule has 0 bridgehead atoms. The van der Waals surface area contributed by atoms with Crippen LogP contribution in [0.2, 0.25) is 0 Å². The minimum absolute atomic E-state index is 1.18. The first-order chi connectivity index (χ1) is 7.75. The van der Waals surface area contributed by atoms with Crippen LogP contribution in [0, 0.1) is 13.8 Å². The molecule has 1 aliphatic carbocycles. The molecular formula is C16H16. The quantitative estimate of drug-likeness (QED) is 0.624. The van der Waals surface area contributed by atoms with Crippen LogP contribution in [-0.4, -0.2) is 0 Å². The van der Waals surface area contributed by atoms with Crippen LogP contribution in [0.4, 0.5) is 0 Å². The van der Waals surface area contributed by atoms with Gasteiger partial charge >= 0.3 is 0 Å². The highest BCUT2D eigenvalue weighted by Crippen LogP contribution is 2.19. The standard InChI is InChI=1S/C16H16/c1-11-7-8-12(2)16-10-14-6-4-3-5-13(14)9-15(11)16/h5-10H,3-4H2,1-2H3. The van der Waals surface area contributed by atoms with Gasteiger partial charge in [-0.25, -0.2) is 0 Å². The summed E-state index contributed by atoms with van der Waals surface area (Å²) in [7, 11) is 0. The zero-order valence-electron chi connectivity index (χ0n) is 9.88. The molecule has 0 unspecified atom stereocenters. The van der Waals surface area contributed by atoms with Gasteiger partial charge in [0.15, 0.2) is 0 Å². The number of aryl methyl sites for hydroxylation is 2. The molecule has 0 saturated heterocycles. The Morgan fingerprint density at radius 1 is 0.750 bits per heavy atom. The van der Waals surface area contributed by atoms with Crippen molar-refractivity contribution in [3.8, 4) is 0 Å². The molecule has 80 valence electrons. The lowest BCUT2D eigenvalue weighted by Crippen LogP contribution is -2.26. The zero-order chi connectivity index (χ0) is 11.1. The van der Waals surface area contributed by atoms with Crippen molar-refractivity contribution in [2.75, 3.05) is 0 Å². The normalized spacial score (nSPS) is 14.1. The lowest BCUT2D eigenvalue weighted by molar-refractivity contribution is 1.12. The fourth-order valence-corrected chi connectivity index (χ4v) is 2.55. The van der Waals surface area contributed by atoms with Crippen molar-refractivity contribution in [2.24, 2.45) is 0 Å². The third kappa shape index (κ3) is 1.37. The summed E-state index contributed by atoms with van der Waals surface area (Å²) in [4.78, 5) is 0. The maximum absolute atomic E-state index is 2.36. The average molecular weight is 208 g/mol. The van der Waals surface area contributed by atoms with Crippen LogP contribution in [0.5, 0.6) is 0 Å². The second kappa shape index (κ2) is 3.48. The van der Waals surface area contributed by atoms with E-state index in [1.807, 2.05) is 0 Å². The molecule has 0 radical (unpaired) electrons.